The molecule has 1 aromatic heterocycles. The summed E-state index contributed by atoms with van der Waals surface area (Å²) in [5.74, 6) is 0. The van der Waals surface area contributed by atoms with Gasteiger partial charge in [0.15, 0.2) is 0 Å². The smallest absolute Gasteiger partial charge is 0.409 e. The zero-order valence-corrected chi connectivity index (χ0v) is 21.2. The van der Waals surface area contributed by atoms with Gasteiger partial charge in [0, 0.05) is 56.1 Å². The van der Waals surface area contributed by atoms with Crippen molar-refractivity contribution in [1.29, 1.82) is 0 Å². The lowest BCUT2D eigenvalue weighted by Crippen LogP contribution is -2.43. The Balaban J connectivity index is 1.20. The van der Waals surface area contributed by atoms with E-state index in [4.69, 9.17) is 21.3 Å². The maximum Gasteiger partial charge on any atom is 0.409 e. The van der Waals surface area contributed by atoms with Crippen LogP contribution in [-0.2, 0) is 17.6 Å². The minimum Gasteiger partial charge on any atom is -0.449 e. The number of hydrogen-bond donors (Lipinski definition) is 1. The second-order valence-corrected chi connectivity index (χ2v) is 10.1. The van der Waals surface area contributed by atoms with Gasteiger partial charge in [-0.3, -0.25) is 4.98 Å². The van der Waals surface area contributed by atoms with Gasteiger partial charge in [0.1, 0.15) is 0 Å². The van der Waals surface area contributed by atoms with Gasteiger partial charge < -0.3 is 19.9 Å². The zero-order chi connectivity index (χ0) is 24.0. The van der Waals surface area contributed by atoms with Crippen LogP contribution >= 0.6 is 11.6 Å². The van der Waals surface area contributed by atoms with Crippen molar-refractivity contribution in [3.63, 3.8) is 0 Å². The number of amides is 1. The fourth-order valence-electron chi connectivity index (χ4n) is 5.47. The first-order valence-corrected chi connectivity index (χ1v) is 13.4. The van der Waals surface area contributed by atoms with Gasteiger partial charge in [0.25, 0.3) is 0 Å². The third-order valence-corrected chi connectivity index (χ3v) is 7.65. The fraction of sp³-hybridized carbons (Fsp3) is 0.500. The third-order valence-electron chi connectivity index (χ3n) is 7.41. The average Bonchev–Trinajstić information content (AvgIpc) is 3.06. The van der Waals surface area contributed by atoms with E-state index < -0.39 is 0 Å². The minimum atomic E-state index is -0.178. The number of piperazine rings is 1. The van der Waals surface area contributed by atoms with Gasteiger partial charge in [0.05, 0.1) is 12.3 Å². The average molecular weight is 495 g/mol. The van der Waals surface area contributed by atoms with Crippen molar-refractivity contribution in [2.75, 3.05) is 52.4 Å². The van der Waals surface area contributed by atoms with Crippen molar-refractivity contribution < 1.29 is 9.53 Å². The van der Waals surface area contributed by atoms with Crippen molar-refractivity contribution in [1.82, 2.24) is 20.1 Å². The molecule has 0 unspecified atom stereocenters. The number of aryl methyl sites for hydroxylation is 2. The Morgan fingerprint density at radius 1 is 1.00 bits per heavy atom. The van der Waals surface area contributed by atoms with Crippen LogP contribution in [0.4, 0.5) is 4.79 Å². The number of piperidine rings is 1. The van der Waals surface area contributed by atoms with Gasteiger partial charge in [-0.1, -0.05) is 29.3 Å². The van der Waals surface area contributed by atoms with Gasteiger partial charge in [-0.2, -0.15) is 0 Å². The number of carbonyl (C=O) groups excluding carboxylic acids is 1. The van der Waals surface area contributed by atoms with E-state index in [2.05, 4.69) is 28.4 Å². The van der Waals surface area contributed by atoms with Crippen molar-refractivity contribution in [3.8, 4) is 0 Å². The van der Waals surface area contributed by atoms with E-state index in [0.29, 0.717) is 19.7 Å². The van der Waals surface area contributed by atoms with E-state index in [1.807, 2.05) is 23.2 Å². The second-order valence-electron chi connectivity index (χ2n) is 9.69. The molecule has 0 saturated carbocycles. The number of aromatic nitrogens is 1. The van der Waals surface area contributed by atoms with Crippen LogP contribution in [0.1, 0.15) is 48.1 Å². The molecule has 3 heterocycles. The first kappa shape index (κ1) is 24.3. The zero-order valence-electron chi connectivity index (χ0n) is 20.4. The van der Waals surface area contributed by atoms with Crippen molar-refractivity contribution in [2.24, 2.45) is 0 Å². The third kappa shape index (κ3) is 5.88. The summed E-state index contributed by atoms with van der Waals surface area (Å²) in [6.45, 7) is 7.33. The molecule has 5 rings (SSSR count). The molecule has 2 aliphatic heterocycles. The molecular formula is C28H35ClN4O2. The second kappa shape index (κ2) is 11.5. The highest BCUT2D eigenvalue weighted by molar-refractivity contribution is 6.30. The number of pyridine rings is 1. The molecule has 35 heavy (non-hydrogen) atoms. The molecule has 1 aromatic carbocycles. The molecule has 6 nitrogen and oxygen atoms in total. The summed E-state index contributed by atoms with van der Waals surface area (Å²) >= 11 is 6.33. The molecule has 0 spiro atoms. The fourth-order valence-corrected chi connectivity index (χ4v) is 5.66. The number of ether oxygens (including phenoxy) is 1. The first-order chi connectivity index (χ1) is 17.2. The summed E-state index contributed by atoms with van der Waals surface area (Å²) in [7, 11) is 0. The molecule has 3 aliphatic rings. The maximum absolute atomic E-state index is 12.7. The molecule has 7 heteroatoms. The van der Waals surface area contributed by atoms with Crippen LogP contribution in [0.25, 0.3) is 5.57 Å². The van der Waals surface area contributed by atoms with Crippen LogP contribution in [-0.4, -0.2) is 73.3 Å². The molecule has 186 valence electrons. The van der Waals surface area contributed by atoms with Gasteiger partial charge in [-0.05, 0) is 80.0 Å². The van der Waals surface area contributed by atoms with E-state index in [1.54, 1.807) is 0 Å². The maximum atomic E-state index is 12.7. The van der Waals surface area contributed by atoms with Crippen molar-refractivity contribution in [2.45, 2.75) is 38.5 Å². The van der Waals surface area contributed by atoms with E-state index in [1.165, 1.54) is 27.8 Å². The number of carbonyl (C=O) groups is 1. The Morgan fingerprint density at radius 2 is 1.80 bits per heavy atom. The number of benzene rings is 1. The van der Waals surface area contributed by atoms with Crippen LogP contribution < -0.4 is 5.32 Å². The number of fused-ring (bicyclic) bond motifs is 2. The molecular weight excluding hydrogens is 460 g/mol. The summed E-state index contributed by atoms with van der Waals surface area (Å²) in [5.41, 5.74) is 7.50. The normalized spacial score (nSPS) is 18.6. The van der Waals surface area contributed by atoms with E-state index in [0.717, 1.165) is 82.0 Å². The highest BCUT2D eigenvalue weighted by Gasteiger charge is 2.27. The number of unbranched alkanes of at least 4 members (excludes halogenated alkanes) is 1. The number of hydrogen-bond acceptors (Lipinski definition) is 5. The van der Waals surface area contributed by atoms with Gasteiger partial charge >= 0.3 is 6.09 Å². The molecule has 0 bridgehead atoms. The highest BCUT2D eigenvalue weighted by atomic mass is 35.5. The molecule has 1 N–H and O–H groups in total. The summed E-state index contributed by atoms with van der Waals surface area (Å²) in [5, 5.41) is 4.15. The van der Waals surface area contributed by atoms with E-state index >= 15 is 0 Å². The topological polar surface area (TPSA) is 57.7 Å². The highest BCUT2D eigenvalue weighted by Crippen LogP contribution is 2.38. The van der Waals surface area contributed by atoms with E-state index in [-0.39, 0.29) is 6.09 Å². The molecule has 1 amide bonds. The summed E-state index contributed by atoms with van der Waals surface area (Å²) in [4.78, 5) is 21.8. The lowest BCUT2D eigenvalue weighted by Gasteiger charge is -2.30. The van der Waals surface area contributed by atoms with Gasteiger partial charge in [0.2, 0.25) is 0 Å². The standard InChI is InChI=1S/C28H35ClN4O2/c29-24-7-8-25-23(20-24)6-5-22-4-3-11-31-27(22)26(25)21-9-15-33(16-10-21)28(34)35-19-2-1-14-32-17-12-30-13-18-32/h3-4,7-8,11,20,30H,1-2,5-6,9-10,12-19H2. The first-order valence-electron chi connectivity index (χ1n) is 13.0. The molecule has 0 radical (unpaired) electrons. The Kier molecular flexibility index (Phi) is 8.02. The van der Waals surface area contributed by atoms with Crippen LogP contribution in [0.3, 0.4) is 0 Å². The molecule has 0 atom stereocenters. The van der Waals surface area contributed by atoms with Gasteiger partial charge in [-0.15, -0.1) is 0 Å². The van der Waals surface area contributed by atoms with Crippen molar-refractivity contribution >= 4 is 23.3 Å². The monoisotopic (exact) mass is 494 g/mol. The predicted octanol–water partition coefficient (Wildman–Crippen LogP) is 4.55. The minimum absolute atomic E-state index is 0.178. The quantitative estimate of drug-likeness (QED) is 0.618. The number of rotatable bonds is 5. The number of nitrogens with one attached hydrogen (secondary N) is 1. The Morgan fingerprint density at radius 3 is 2.63 bits per heavy atom. The number of likely N-dealkylation sites (tertiary alicyclic amines) is 1. The largest absolute Gasteiger partial charge is 0.449 e. The predicted molar refractivity (Wildman–Crippen MR) is 140 cm³/mol. The Bertz CT molecular complexity index is 1070. The Hall–Kier alpha value is -2.41. The Labute approximate surface area is 213 Å². The number of nitrogens with zero attached hydrogens (tertiary/aromatic N) is 3. The van der Waals surface area contributed by atoms with Gasteiger partial charge in [-0.25, -0.2) is 4.79 Å². The lowest BCUT2D eigenvalue weighted by atomic mass is 9.88. The summed E-state index contributed by atoms with van der Waals surface area (Å²) in [6, 6.07) is 10.4. The lowest BCUT2D eigenvalue weighted by molar-refractivity contribution is 0.0967. The number of halogens is 1. The summed E-state index contributed by atoms with van der Waals surface area (Å²) < 4.78 is 5.61. The van der Waals surface area contributed by atoms with E-state index in [9.17, 15) is 4.79 Å². The van der Waals surface area contributed by atoms with Crippen molar-refractivity contribution in [3.05, 3.63) is 69.5 Å². The van der Waals surface area contributed by atoms with Crippen LogP contribution in [0, 0.1) is 0 Å². The van der Waals surface area contributed by atoms with Crippen LogP contribution in [0.2, 0.25) is 5.02 Å². The van der Waals surface area contributed by atoms with Crippen LogP contribution in [0.15, 0.2) is 42.1 Å². The van der Waals surface area contributed by atoms with Crippen LogP contribution in [0.5, 0.6) is 0 Å². The summed E-state index contributed by atoms with van der Waals surface area (Å²) in [6.07, 6.45) is 7.29. The molecule has 2 fully saturated rings. The molecule has 1 aliphatic carbocycles. The molecule has 2 aromatic rings. The molecule has 2 saturated heterocycles. The SMILES string of the molecule is O=C(OCCCCN1CCNCC1)N1CCC(=C2c3ccc(Cl)cc3CCc3cccnc32)CC1.